The molecule has 0 aromatic heterocycles. The molecule has 2 aliphatic rings. The van der Waals surface area contributed by atoms with Gasteiger partial charge in [-0.2, -0.15) is 4.31 Å². The van der Waals surface area contributed by atoms with Gasteiger partial charge in [0.1, 0.15) is 0 Å². The zero-order valence-corrected chi connectivity index (χ0v) is 20.2. The highest BCUT2D eigenvalue weighted by atomic mass is 32.2. The first kappa shape index (κ1) is 24.2. The van der Waals surface area contributed by atoms with E-state index in [0.29, 0.717) is 43.1 Å². The number of carbonyl (C=O) groups excluding carboxylic acids is 2. The average molecular weight is 488 g/mol. The highest BCUT2D eigenvalue weighted by Gasteiger charge is 2.33. The summed E-state index contributed by atoms with van der Waals surface area (Å²) in [5.74, 6) is -0.198. The van der Waals surface area contributed by atoms with E-state index < -0.39 is 21.9 Å². The number of esters is 1. The minimum absolute atomic E-state index is 0.136. The van der Waals surface area contributed by atoms with E-state index in [1.165, 1.54) is 16.4 Å². The molecule has 4 rings (SSSR count). The van der Waals surface area contributed by atoms with Crippen LogP contribution in [0.3, 0.4) is 0 Å². The van der Waals surface area contributed by atoms with Crippen LogP contribution < -0.4 is 9.47 Å². The number of hydrogen-bond acceptors (Lipinski definition) is 7. The summed E-state index contributed by atoms with van der Waals surface area (Å²) in [6, 6.07) is 10.2. The molecule has 2 aromatic rings. The lowest BCUT2D eigenvalue weighted by molar-refractivity contribution is -0.148. The van der Waals surface area contributed by atoms with Crippen molar-refractivity contribution in [3.63, 3.8) is 0 Å². The summed E-state index contributed by atoms with van der Waals surface area (Å²) in [6.07, 6.45) is 1.40. The lowest BCUT2D eigenvalue weighted by atomic mass is 9.98. The first-order valence-corrected chi connectivity index (χ1v) is 12.9. The SMILES string of the molecule is Cc1ccc(C)c(C(=O)COC(=O)C2CCN(S(=O)(=O)c3ccc4c(c3)OCCCO4)CC2)c1. The molecule has 0 bridgehead atoms. The van der Waals surface area contributed by atoms with E-state index in [1.54, 1.807) is 12.1 Å². The number of aryl methyl sites for hydroxylation is 2. The Morgan fingerprint density at radius 3 is 2.44 bits per heavy atom. The number of Topliss-reactive ketones (excluding diaryl/α,β-unsaturated/α-hetero) is 1. The highest BCUT2D eigenvalue weighted by molar-refractivity contribution is 7.89. The predicted octanol–water partition coefficient (Wildman–Crippen LogP) is 3.29. The summed E-state index contributed by atoms with van der Waals surface area (Å²) >= 11 is 0. The second kappa shape index (κ2) is 10.1. The van der Waals surface area contributed by atoms with E-state index in [-0.39, 0.29) is 30.4 Å². The third kappa shape index (κ3) is 5.26. The standard InChI is InChI=1S/C25H29NO7S/c1-17-4-5-18(2)21(14-17)22(27)16-33-25(28)19-8-10-26(11-9-19)34(29,30)20-6-7-23-24(15-20)32-13-3-12-31-23/h4-7,14-15,19H,3,8-13,16H2,1-2H3. The molecule has 1 saturated heterocycles. The number of ether oxygens (including phenoxy) is 3. The molecule has 0 unspecified atom stereocenters. The second-order valence-electron chi connectivity index (χ2n) is 8.69. The van der Waals surface area contributed by atoms with Crippen LogP contribution in [0.1, 0.15) is 40.7 Å². The van der Waals surface area contributed by atoms with Gasteiger partial charge in [-0.15, -0.1) is 0 Å². The van der Waals surface area contributed by atoms with Gasteiger partial charge in [-0.25, -0.2) is 8.42 Å². The first-order valence-electron chi connectivity index (χ1n) is 11.4. The molecular formula is C25H29NO7S. The normalized spacial score (nSPS) is 17.1. The van der Waals surface area contributed by atoms with Crippen LogP contribution in [0.5, 0.6) is 11.5 Å². The van der Waals surface area contributed by atoms with Gasteiger partial charge in [-0.3, -0.25) is 9.59 Å². The Morgan fingerprint density at radius 2 is 1.71 bits per heavy atom. The number of benzene rings is 2. The van der Waals surface area contributed by atoms with E-state index in [1.807, 2.05) is 26.0 Å². The van der Waals surface area contributed by atoms with E-state index in [9.17, 15) is 18.0 Å². The summed E-state index contributed by atoms with van der Waals surface area (Å²) in [5, 5.41) is 0. The maximum Gasteiger partial charge on any atom is 0.309 e. The van der Waals surface area contributed by atoms with Crippen molar-refractivity contribution in [1.82, 2.24) is 4.31 Å². The van der Waals surface area contributed by atoms with Crippen molar-refractivity contribution in [2.45, 2.75) is 38.0 Å². The molecule has 0 spiro atoms. The van der Waals surface area contributed by atoms with Gasteiger partial charge < -0.3 is 14.2 Å². The van der Waals surface area contributed by atoms with Crippen LogP contribution in [0.15, 0.2) is 41.3 Å². The molecule has 0 N–H and O–H groups in total. The molecule has 8 nitrogen and oxygen atoms in total. The molecule has 2 aromatic carbocycles. The number of ketones is 1. The van der Waals surface area contributed by atoms with Gasteiger partial charge in [-0.1, -0.05) is 17.7 Å². The Kier molecular flexibility index (Phi) is 7.23. The quantitative estimate of drug-likeness (QED) is 0.455. The van der Waals surface area contributed by atoms with Gasteiger partial charge in [0.15, 0.2) is 18.1 Å². The second-order valence-corrected chi connectivity index (χ2v) is 10.6. The first-order chi connectivity index (χ1) is 16.3. The Hall–Kier alpha value is -2.91. The van der Waals surface area contributed by atoms with Crippen molar-refractivity contribution >= 4 is 21.8 Å². The molecule has 9 heteroatoms. The summed E-state index contributed by atoms with van der Waals surface area (Å²) in [5.41, 5.74) is 2.34. The minimum atomic E-state index is -3.74. The number of nitrogens with zero attached hydrogens (tertiary/aromatic N) is 1. The van der Waals surface area contributed by atoms with Gasteiger partial charge >= 0.3 is 5.97 Å². The molecule has 0 radical (unpaired) electrons. The fourth-order valence-corrected chi connectivity index (χ4v) is 5.64. The van der Waals surface area contributed by atoms with Crippen LogP contribution in [0.2, 0.25) is 0 Å². The number of carbonyl (C=O) groups is 2. The van der Waals surface area contributed by atoms with E-state index in [4.69, 9.17) is 14.2 Å². The number of hydrogen-bond donors (Lipinski definition) is 0. The number of piperidine rings is 1. The molecular weight excluding hydrogens is 458 g/mol. The van der Waals surface area contributed by atoms with Crippen LogP contribution in [-0.2, 0) is 19.6 Å². The van der Waals surface area contributed by atoms with Crippen LogP contribution in [-0.4, -0.2) is 57.4 Å². The van der Waals surface area contributed by atoms with Crippen molar-refractivity contribution in [2.24, 2.45) is 5.92 Å². The zero-order valence-electron chi connectivity index (χ0n) is 19.4. The predicted molar refractivity (Wildman–Crippen MR) is 125 cm³/mol. The van der Waals surface area contributed by atoms with E-state index >= 15 is 0 Å². The topological polar surface area (TPSA) is 99.2 Å². The maximum atomic E-state index is 13.1. The van der Waals surface area contributed by atoms with Gasteiger partial charge in [0.05, 0.1) is 24.0 Å². The summed E-state index contributed by atoms with van der Waals surface area (Å²) in [6.45, 7) is 4.81. The van der Waals surface area contributed by atoms with Gasteiger partial charge in [0, 0.05) is 31.1 Å². The fourth-order valence-electron chi connectivity index (χ4n) is 4.15. The van der Waals surface area contributed by atoms with Gasteiger partial charge in [-0.05, 0) is 50.5 Å². The smallest absolute Gasteiger partial charge is 0.309 e. The van der Waals surface area contributed by atoms with Crippen molar-refractivity contribution < 1.29 is 32.2 Å². The molecule has 0 saturated carbocycles. The van der Waals surface area contributed by atoms with Gasteiger partial charge in [0.25, 0.3) is 0 Å². The Labute approximate surface area is 199 Å². The molecule has 1 fully saturated rings. The van der Waals surface area contributed by atoms with Crippen molar-refractivity contribution in [1.29, 1.82) is 0 Å². The van der Waals surface area contributed by atoms with Crippen molar-refractivity contribution in [3.05, 3.63) is 53.1 Å². The monoisotopic (exact) mass is 487 g/mol. The summed E-state index contributed by atoms with van der Waals surface area (Å²) < 4.78 is 44.1. The maximum absolute atomic E-state index is 13.1. The Bertz CT molecular complexity index is 1180. The van der Waals surface area contributed by atoms with Crippen LogP contribution >= 0.6 is 0 Å². The van der Waals surface area contributed by atoms with Crippen LogP contribution in [0.25, 0.3) is 0 Å². The minimum Gasteiger partial charge on any atom is -0.490 e. The molecule has 0 aliphatic carbocycles. The van der Waals surface area contributed by atoms with Crippen molar-refractivity contribution in [3.8, 4) is 11.5 Å². The third-order valence-corrected chi connectivity index (χ3v) is 8.08. The molecule has 0 atom stereocenters. The van der Waals surface area contributed by atoms with Gasteiger partial charge in [0.2, 0.25) is 15.8 Å². The third-order valence-electron chi connectivity index (χ3n) is 6.18. The average Bonchev–Trinajstić information content (AvgIpc) is 3.09. The summed E-state index contributed by atoms with van der Waals surface area (Å²) in [7, 11) is -3.74. The zero-order chi connectivity index (χ0) is 24.3. The number of rotatable bonds is 6. The molecule has 2 heterocycles. The Balaban J connectivity index is 1.33. The summed E-state index contributed by atoms with van der Waals surface area (Å²) in [4.78, 5) is 25.2. The molecule has 0 amide bonds. The molecule has 2 aliphatic heterocycles. The van der Waals surface area contributed by atoms with E-state index in [0.717, 1.165) is 17.5 Å². The highest BCUT2D eigenvalue weighted by Crippen LogP contribution is 2.34. The Morgan fingerprint density at radius 1 is 1.00 bits per heavy atom. The van der Waals surface area contributed by atoms with Crippen molar-refractivity contribution in [2.75, 3.05) is 32.9 Å². The molecule has 182 valence electrons. The van der Waals surface area contributed by atoms with Crippen LogP contribution in [0.4, 0.5) is 0 Å². The lowest BCUT2D eigenvalue weighted by Gasteiger charge is -2.30. The lowest BCUT2D eigenvalue weighted by Crippen LogP contribution is -2.40. The molecule has 34 heavy (non-hydrogen) atoms. The van der Waals surface area contributed by atoms with E-state index in [2.05, 4.69) is 0 Å². The van der Waals surface area contributed by atoms with Crippen LogP contribution in [0, 0.1) is 19.8 Å². The largest absolute Gasteiger partial charge is 0.490 e. The number of sulfonamides is 1. The number of fused-ring (bicyclic) bond motifs is 1. The fraction of sp³-hybridized carbons (Fsp3) is 0.440.